The van der Waals surface area contributed by atoms with Crippen LogP contribution in [0.25, 0.3) is 11.3 Å². The average Bonchev–Trinajstić information content (AvgIpc) is 3.28. The molecule has 1 aliphatic heterocycles. The van der Waals surface area contributed by atoms with Gasteiger partial charge in [0.05, 0.1) is 31.5 Å². The minimum atomic E-state index is -0.644. The molecule has 1 aromatic heterocycles. The van der Waals surface area contributed by atoms with Crippen molar-refractivity contribution in [3.05, 3.63) is 35.9 Å². The van der Waals surface area contributed by atoms with Gasteiger partial charge in [0.1, 0.15) is 12.3 Å². The van der Waals surface area contributed by atoms with E-state index >= 15 is 0 Å². The van der Waals surface area contributed by atoms with Crippen LogP contribution < -0.4 is 4.90 Å². The van der Waals surface area contributed by atoms with Gasteiger partial charge in [0.2, 0.25) is 5.88 Å². The van der Waals surface area contributed by atoms with Crippen LogP contribution in [0.4, 0.5) is 5.88 Å². The van der Waals surface area contributed by atoms with Gasteiger partial charge >= 0.3 is 0 Å². The van der Waals surface area contributed by atoms with Gasteiger partial charge in [-0.1, -0.05) is 41.4 Å². The molecule has 3 rings (SSSR count). The summed E-state index contributed by atoms with van der Waals surface area (Å²) in [6.07, 6.45) is 4.63. The molecule has 0 amide bonds. The van der Waals surface area contributed by atoms with Crippen molar-refractivity contribution in [1.82, 2.24) is 15.0 Å². The van der Waals surface area contributed by atoms with Crippen molar-refractivity contribution in [2.24, 2.45) is 0 Å². The van der Waals surface area contributed by atoms with E-state index in [0.29, 0.717) is 13.1 Å². The second-order valence-electron chi connectivity index (χ2n) is 8.42. The van der Waals surface area contributed by atoms with Gasteiger partial charge in [-0.05, 0) is 13.8 Å². The van der Waals surface area contributed by atoms with Gasteiger partial charge in [-0.15, -0.1) is 6.42 Å². The van der Waals surface area contributed by atoms with Gasteiger partial charge in [-0.3, -0.25) is 9.80 Å². The van der Waals surface area contributed by atoms with Crippen LogP contribution in [0.15, 0.2) is 34.9 Å². The number of ether oxygens (including phenoxy) is 2. The van der Waals surface area contributed by atoms with Crippen LogP contribution in [0.5, 0.6) is 0 Å². The first-order chi connectivity index (χ1) is 16.7. The van der Waals surface area contributed by atoms with Gasteiger partial charge in [-0.25, -0.2) is 0 Å². The fourth-order valence-electron chi connectivity index (χ4n) is 4.20. The zero-order valence-electron chi connectivity index (χ0n) is 20.5. The minimum Gasteiger partial charge on any atom is -0.389 e. The Morgan fingerprint density at radius 2 is 1.94 bits per heavy atom. The third kappa shape index (κ3) is 7.55. The standard InChI is InChI=1S/C26H38N4O4/c1-4-16-33-21-23(31)19-29(13-12-28-14-17-32-18-15-28)20-24-25(22-10-8-7-9-11-22)27-34-26(24)30(5-2)6-3/h1,7-11,23,31H,5-6,12-21H2,2-3H3. The Morgan fingerprint density at radius 1 is 1.21 bits per heavy atom. The lowest BCUT2D eigenvalue weighted by Crippen LogP contribution is -2.43. The summed E-state index contributed by atoms with van der Waals surface area (Å²) in [6, 6.07) is 10.1. The number of morpholine rings is 1. The highest BCUT2D eigenvalue weighted by Gasteiger charge is 2.25. The van der Waals surface area contributed by atoms with Crippen molar-refractivity contribution >= 4 is 5.88 Å². The number of hydrogen-bond acceptors (Lipinski definition) is 8. The van der Waals surface area contributed by atoms with E-state index in [9.17, 15) is 5.11 Å². The second-order valence-corrected chi connectivity index (χ2v) is 8.42. The van der Waals surface area contributed by atoms with E-state index in [2.05, 4.69) is 39.6 Å². The number of aromatic nitrogens is 1. The molecule has 0 saturated carbocycles. The number of rotatable bonds is 14. The Balaban J connectivity index is 1.83. The average molecular weight is 471 g/mol. The van der Waals surface area contributed by atoms with Gasteiger partial charge in [0.15, 0.2) is 0 Å². The smallest absolute Gasteiger partial charge is 0.232 e. The molecule has 1 fully saturated rings. The summed E-state index contributed by atoms with van der Waals surface area (Å²) in [7, 11) is 0. The molecule has 1 aromatic carbocycles. The molecule has 1 saturated heterocycles. The molecule has 1 unspecified atom stereocenters. The highest BCUT2D eigenvalue weighted by atomic mass is 16.5. The van der Waals surface area contributed by atoms with Crippen molar-refractivity contribution in [2.45, 2.75) is 26.5 Å². The predicted octanol–water partition coefficient (Wildman–Crippen LogP) is 2.33. The third-order valence-corrected chi connectivity index (χ3v) is 6.05. The van der Waals surface area contributed by atoms with Crippen LogP contribution in [-0.2, 0) is 16.0 Å². The Kier molecular flexibility index (Phi) is 10.9. The lowest BCUT2D eigenvalue weighted by atomic mass is 10.1. The topological polar surface area (TPSA) is 74.4 Å². The molecule has 2 heterocycles. The molecule has 0 radical (unpaired) electrons. The summed E-state index contributed by atoms with van der Waals surface area (Å²) < 4.78 is 16.8. The summed E-state index contributed by atoms with van der Waals surface area (Å²) in [6.45, 7) is 12.4. The molecular weight excluding hydrogens is 432 g/mol. The number of benzene rings is 1. The zero-order chi connectivity index (χ0) is 24.2. The van der Waals surface area contributed by atoms with E-state index in [1.54, 1.807) is 0 Å². The quantitative estimate of drug-likeness (QED) is 0.333. The van der Waals surface area contributed by atoms with Gasteiger partial charge in [0.25, 0.3) is 0 Å². The highest BCUT2D eigenvalue weighted by Crippen LogP contribution is 2.32. The molecule has 2 aromatic rings. The summed E-state index contributed by atoms with van der Waals surface area (Å²) in [5.41, 5.74) is 2.90. The van der Waals surface area contributed by atoms with Crippen LogP contribution in [0.1, 0.15) is 19.4 Å². The molecule has 0 aliphatic carbocycles. The summed E-state index contributed by atoms with van der Waals surface area (Å²) >= 11 is 0. The maximum Gasteiger partial charge on any atom is 0.232 e. The highest BCUT2D eigenvalue weighted by molar-refractivity contribution is 5.68. The Bertz CT molecular complexity index is 873. The fraction of sp³-hybridized carbons (Fsp3) is 0.577. The number of nitrogens with zero attached hydrogens (tertiary/aromatic N) is 4. The first kappa shape index (κ1) is 26.2. The molecule has 8 heteroatoms. The maximum atomic E-state index is 10.7. The molecule has 186 valence electrons. The number of hydrogen-bond donors (Lipinski definition) is 1. The lowest BCUT2D eigenvalue weighted by molar-refractivity contribution is 0.0137. The molecule has 1 N–H and O–H groups in total. The predicted molar refractivity (Wildman–Crippen MR) is 134 cm³/mol. The number of terminal acetylenes is 1. The molecule has 0 bridgehead atoms. The fourth-order valence-corrected chi connectivity index (χ4v) is 4.20. The number of aliphatic hydroxyl groups is 1. The van der Waals surface area contributed by atoms with Gasteiger partial charge in [0, 0.05) is 57.9 Å². The van der Waals surface area contributed by atoms with Crippen LogP contribution in [0, 0.1) is 12.3 Å². The summed E-state index contributed by atoms with van der Waals surface area (Å²) in [4.78, 5) is 6.83. The van der Waals surface area contributed by atoms with Crippen LogP contribution in [-0.4, -0.2) is 98.4 Å². The molecule has 1 atom stereocenters. The molecule has 8 nitrogen and oxygen atoms in total. The van der Waals surface area contributed by atoms with E-state index in [4.69, 9.17) is 20.4 Å². The Labute approximate surface area is 203 Å². The SMILES string of the molecule is C#CCOCC(O)CN(CCN1CCOCC1)Cc1c(-c2ccccc2)noc1N(CC)CC. The second kappa shape index (κ2) is 14.1. The van der Waals surface area contributed by atoms with E-state index in [0.717, 1.165) is 75.2 Å². The summed E-state index contributed by atoms with van der Waals surface area (Å²) in [5.74, 6) is 3.24. The molecule has 0 spiro atoms. The van der Waals surface area contributed by atoms with E-state index in [1.807, 2.05) is 30.3 Å². The van der Waals surface area contributed by atoms with Crippen LogP contribution in [0.3, 0.4) is 0 Å². The van der Waals surface area contributed by atoms with Crippen molar-refractivity contribution < 1.29 is 19.1 Å². The molecule has 34 heavy (non-hydrogen) atoms. The lowest BCUT2D eigenvalue weighted by Gasteiger charge is -2.31. The van der Waals surface area contributed by atoms with Crippen LogP contribution >= 0.6 is 0 Å². The first-order valence-corrected chi connectivity index (χ1v) is 12.2. The van der Waals surface area contributed by atoms with E-state index in [-0.39, 0.29) is 13.2 Å². The third-order valence-electron chi connectivity index (χ3n) is 6.05. The van der Waals surface area contributed by atoms with E-state index < -0.39 is 6.10 Å². The van der Waals surface area contributed by atoms with Crippen molar-refractivity contribution in [3.8, 4) is 23.6 Å². The first-order valence-electron chi connectivity index (χ1n) is 12.2. The number of anilines is 1. The van der Waals surface area contributed by atoms with Crippen LogP contribution in [0.2, 0.25) is 0 Å². The summed E-state index contributed by atoms with van der Waals surface area (Å²) in [5, 5.41) is 15.1. The van der Waals surface area contributed by atoms with Crippen molar-refractivity contribution in [1.29, 1.82) is 0 Å². The van der Waals surface area contributed by atoms with Crippen molar-refractivity contribution in [2.75, 3.05) is 77.1 Å². The molecule has 1 aliphatic rings. The van der Waals surface area contributed by atoms with Gasteiger partial charge < -0.3 is 24.0 Å². The Hall–Kier alpha value is -2.41. The maximum absolute atomic E-state index is 10.7. The number of aliphatic hydroxyl groups excluding tert-OH is 1. The normalized spacial score (nSPS) is 15.4. The monoisotopic (exact) mass is 470 g/mol. The largest absolute Gasteiger partial charge is 0.389 e. The zero-order valence-corrected chi connectivity index (χ0v) is 20.5. The van der Waals surface area contributed by atoms with E-state index in [1.165, 1.54) is 0 Å². The molecular formula is C26H38N4O4. The van der Waals surface area contributed by atoms with Gasteiger partial charge in [-0.2, -0.15) is 0 Å². The minimum absolute atomic E-state index is 0.195. The van der Waals surface area contributed by atoms with Crippen molar-refractivity contribution in [3.63, 3.8) is 0 Å². The Morgan fingerprint density at radius 3 is 2.62 bits per heavy atom.